The number of H-pyrrole nitrogens is 1. The minimum atomic E-state index is -1.14. The maximum Gasteiger partial charge on any atom is 0.360 e. The van der Waals surface area contributed by atoms with Crippen LogP contribution in [0.3, 0.4) is 0 Å². The molecule has 1 unspecified atom stereocenters. The summed E-state index contributed by atoms with van der Waals surface area (Å²) in [6, 6.07) is 1.83. The molecule has 0 aliphatic carbocycles. The highest BCUT2D eigenvalue weighted by atomic mass is 16.5. The average Bonchev–Trinajstić information content (AvgIpc) is 3.33. The van der Waals surface area contributed by atoms with Crippen LogP contribution in [0.15, 0.2) is 18.6 Å². The number of nitrogens with one attached hydrogen (secondary N) is 2. The minimum Gasteiger partial charge on any atom is -0.478 e. The normalized spacial score (nSPS) is 18.5. The fourth-order valence-electron chi connectivity index (χ4n) is 3.13. The third-order valence-corrected chi connectivity index (χ3v) is 4.30. The van der Waals surface area contributed by atoms with Gasteiger partial charge < -0.3 is 15.2 Å². The summed E-state index contributed by atoms with van der Waals surface area (Å²) in [4.78, 5) is 19.7. The molecule has 0 amide bonds. The SMILES string of the molecule is Cc1[nH]nc(C(=O)O)c1O[C@@H](c1ccnc2ncnn12)C1CCCN1. The second-order valence-corrected chi connectivity index (χ2v) is 5.91. The molecule has 1 fully saturated rings. The third kappa shape index (κ3) is 2.70. The quantitative estimate of drug-likeness (QED) is 0.618. The van der Waals surface area contributed by atoms with E-state index in [1.807, 2.05) is 6.07 Å². The van der Waals surface area contributed by atoms with Gasteiger partial charge in [-0.3, -0.25) is 5.10 Å². The Morgan fingerprint density at radius 2 is 2.36 bits per heavy atom. The van der Waals surface area contributed by atoms with Crippen molar-refractivity contribution >= 4 is 11.7 Å². The number of carboxylic acid groups (broad SMARTS) is 1. The van der Waals surface area contributed by atoms with Gasteiger partial charge in [0.25, 0.3) is 5.78 Å². The van der Waals surface area contributed by atoms with Crippen molar-refractivity contribution in [3.63, 3.8) is 0 Å². The molecule has 0 radical (unpaired) electrons. The zero-order valence-corrected chi connectivity index (χ0v) is 13.5. The molecule has 25 heavy (non-hydrogen) atoms. The molecular weight excluding hydrogens is 326 g/mol. The molecule has 1 saturated heterocycles. The highest BCUT2D eigenvalue weighted by Crippen LogP contribution is 2.32. The van der Waals surface area contributed by atoms with Gasteiger partial charge in [0.2, 0.25) is 5.69 Å². The van der Waals surface area contributed by atoms with E-state index < -0.39 is 12.1 Å². The Hall–Kier alpha value is -3.01. The van der Waals surface area contributed by atoms with E-state index in [0.29, 0.717) is 11.5 Å². The number of aromatic nitrogens is 6. The zero-order chi connectivity index (χ0) is 17.4. The standard InChI is InChI=1S/C15H17N7O3/c1-8-12(11(14(23)24)21-20-8)25-13(9-3-2-5-16-9)10-4-6-17-15-18-7-19-22(10)15/h4,6-7,9,13,16H,2-3,5H2,1H3,(H,20,21)(H,23,24)/t9?,13-/m1/s1. The molecule has 10 heteroatoms. The summed E-state index contributed by atoms with van der Waals surface area (Å²) in [7, 11) is 0. The molecule has 0 bridgehead atoms. The van der Waals surface area contributed by atoms with E-state index in [0.717, 1.165) is 25.1 Å². The number of hydrogen-bond acceptors (Lipinski definition) is 7. The highest BCUT2D eigenvalue weighted by Gasteiger charge is 2.32. The van der Waals surface area contributed by atoms with Crippen LogP contribution in [-0.4, -0.2) is 53.4 Å². The van der Waals surface area contributed by atoms with Crippen LogP contribution >= 0.6 is 0 Å². The number of aromatic amines is 1. The van der Waals surface area contributed by atoms with E-state index >= 15 is 0 Å². The van der Waals surface area contributed by atoms with Gasteiger partial charge in [0.1, 0.15) is 6.33 Å². The number of carboxylic acids is 1. The van der Waals surface area contributed by atoms with E-state index in [2.05, 4.69) is 30.6 Å². The topological polar surface area (TPSA) is 130 Å². The van der Waals surface area contributed by atoms with Crippen molar-refractivity contribution in [2.24, 2.45) is 0 Å². The van der Waals surface area contributed by atoms with Crippen molar-refractivity contribution in [1.29, 1.82) is 0 Å². The summed E-state index contributed by atoms with van der Waals surface area (Å²) in [5.41, 5.74) is 1.17. The third-order valence-electron chi connectivity index (χ3n) is 4.30. The lowest BCUT2D eigenvalue weighted by atomic mass is 10.1. The number of aromatic carboxylic acids is 1. The number of fused-ring (bicyclic) bond motifs is 1. The summed E-state index contributed by atoms with van der Waals surface area (Å²) < 4.78 is 7.78. The first-order chi connectivity index (χ1) is 12.1. The van der Waals surface area contributed by atoms with Gasteiger partial charge in [0.15, 0.2) is 11.9 Å². The van der Waals surface area contributed by atoms with Gasteiger partial charge in [-0.05, 0) is 32.4 Å². The fraction of sp³-hybridized carbons (Fsp3) is 0.400. The minimum absolute atomic E-state index is 0.0192. The van der Waals surface area contributed by atoms with Crippen molar-refractivity contribution in [3.05, 3.63) is 35.7 Å². The maximum atomic E-state index is 11.4. The molecule has 10 nitrogen and oxygen atoms in total. The van der Waals surface area contributed by atoms with Crippen LogP contribution in [-0.2, 0) is 0 Å². The molecule has 4 rings (SSSR count). The van der Waals surface area contributed by atoms with Crippen LogP contribution < -0.4 is 10.1 Å². The Kier molecular flexibility index (Phi) is 3.80. The predicted molar refractivity (Wildman–Crippen MR) is 85.5 cm³/mol. The molecule has 0 saturated carbocycles. The van der Waals surface area contributed by atoms with Gasteiger partial charge in [-0.25, -0.2) is 9.78 Å². The first-order valence-electron chi connectivity index (χ1n) is 7.98. The molecule has 0 spiro atoms. The lowest BCUT2D eigenvalue weighted by Gasteiger charge is -2.25. The lowest BCUT2D eigenvalue weighted by Crippen LogP contribution is -2.34. The van der Waals surface area contributed by atoms with E-state index in [1.165, 1.54) is 6.33 Å². The zero-order valence-electron chi connectivity index (χ0n) is 13.5. The molecule has 4 heterocycles. The summed E-state index contributed by atoms with van der Waals surface area (Å²) in [6.07, 6.45) is 4.54. The van der Waals surface area contributed by atoms with Crippen molar-refractivity contribution in [2.75, 3.05) is 6.54 Å². The Morgan fingerprint density at radius 1 is 1.48 bits per heavy atom. The number of carbonyl (C=O) groups is 1. The molecule has 1 aliphatic heterocycles. The van der Waals surface area contributed by atoms with Gasteiger partial charge >= 0.3 is 5.97 Å². The number of aryl methyl sites for hydroxylation is 1. The molecule has 3 aromatic rings. The summed E-state index contributed by atoms with van der Waals surface area (Å²) >= 11 is 0. The van der Waals surface area contributed by atoms with E-state index in [-0.39, 0.29) is 17.5 Å². The Balaban J connectivity index is 1.79. The van der Waals surface area contributed by atoms with Crippen molar-refractivity contribution in [2.45, 2.75) is 31.9 Å². The number of ether oxygens (including phenoxy) is 1. The van der Waals surface area contributed by atoms with Gasteiger partial charge in [0.05, 0.1) is 11.4 Å². The van der Waals surface area contributed by atoms with E-state index in [4.69, 9.17) is 4.74 Å². The highest BCUT2D eigenvalue weighted by molar-refractivity contribution is 5.88. The van der Waals surface area contributed by atoms with Crippen LogP contribution in [0.4, 0.5) is 0 Å². The Labute approximate surface area is 142 Å². The number of rotatable bonds is 5. The lowest BCUT2D eigenvalue weighted by molar-refractivity contribution is 0.0679. The smallest absolute Gasteiger partial charge is 0.360 e. The summed E-state index contributed by atoms with van der Waals surface area (Å²) in [5.74, 6) is -0.444. The first-order valence-corrected chi connectivity index (χ1v) is 7.98. The first kappa shape index (κ1) is 15.5. The molecule has 1 aliphatic rings. The van der Waals surface area contributed by atoms with Gasteiger partial charge in [-0.15, -0.1) is 0 Å². The molecule has 0 aromatic carbocycles. The van der Waals surface area contributed by atoms with Gasteiger partial charge in [-0.2, -0.15) is 19.7 Å². The van der Waals surface area contributed by atoms with Crippen LogP contribution in [0.25, 0.3) is 5.78 Å². The predicted octanol–water partition coefficient (Wildman–Crippen LogP) is 0.726. The monoisotopic (exact) mass is 343 g/mol. The van der Waals surface area contributed by atoms with E-state index in [1.54, 1.807) is 17.6 Å². The molecule has 3 aromatic heterocycles. The molecule has 130 valence electrons. The molecule has 3 N–H and O–H groups in total. The van der Waals surface area contributed by atoms with Crippen LogP contribution in [0.2, 0.25) is 0 Å². The molecular formula is C15H17N7O3. The average molecular weight is 343 g/mol. The Morgan fingerprint density at radius 3 is 3.12 bits per heavy atom. The van der Waals surface area contributed by atoms with Gasteiger partial charge in [-0.1, -0.05) is 0 Å². The summed E-state index contributed by atoms with van der Waals surface area (Å²) in [6.45, 7) is 2.61. The van der Waals surface area contributed by atoms with Gasteiger partial charge in [0, 0.05) is 12.2 Å². The van der Waals surface area contributed by atoms with Crippen LogP contribution in [0.1, 0.15) is 40.8 Å². The van der Waals surface area contributed by atoms with E-state index in [9.17, 15) is 9.90 Å². The summed E-state index contributed by atoms with van der Waals surface area (Å²) in [5, 5.41) is 23.5. The number of nitrogens with zero attached hydrogens (tertiary/aromatic N) is 5. The van der Waals surface area contributed by atoms with Crippen molar-refractivity contribution in [1.82, 2.24) is 35.1 Å². The Bertz CT molecular complexity index is 913. The maximum absolute atomic E-state index is 11.4. The molecule has 2 atom stereocenters. The van der Waals surface area contributed by atoms with Crippen molar-refractivity contribution < 1.29 is 14.6 Å². The van der Waals surface area contributed by atoms with Crippen LogP contribution in [0, 0.1) is 6.92 Å². The number of hydrogen-bond donors (Lipinski definition) is 3. The second kappa shape index (κ2) is 6.13. The van der Waals surface area contributed by atoms with Crippen LogP contribution in [0.5, 0.6) is 5.75 Å². The fourth-order valence-corrected chi connectivity index (χ4v) is 3.13. The largest absolute Gasteiger partial charge is 0.478 e. The second-order valence-electron chi connectivity index (χ2n) is 5.91. The van der Waals surface area contributed by atoms with Crippen molar-refractivity contribution in [3.8, 4) is 5.75 Å².